The minimum atomic E-state index is -1.95. The van der Waals surface area contributed by atoms with E-state index < -0.39 is 8.32 Å². The normalized spacial score (nSPS) is 29.2. The SMILES string of the molecule is CCCCC[C@H](/C=C/[C@@H]1[C@@H](Cc2cccc(O[Si](C)(C)C(C)(C)C)c2)[C@@H](CO)C[C@H]1O[C@H]1CCCCO1)O[C@@H]1CCCCO1. The lowest BCUT2D eigenvalue weighted by Crippen LogP contribution is -2.43. The maximum Gasteiger partial charge on any atom is 0.250 e. The Balaban J connectivity index is 1.56. The highest BCUT2D eigenvalue weighted by Crippen LogP contribution is 2.44. The van der Waals surface area contributed by atoms with Crippen molar-refractivity contribution < 1.29 is 28.5 Å². The van der Waals surface area contributed by atoms with Crippen molar-refractivity contribution in [2.24, 2.45) is 17.8 Å². The second kappa shape index (κ2) is 17.1. The summed E-state index contributed by atoms with van der Waals surface area (Å²) in [6.07, 6.45) is 17.1. The highest BCUT2D eigenvalue weighted by atomic mass is 28.4. The lowest BCUT2D eigenvalue weighted by molar-refractivity contribution is -0.193. The molecule has 0 aromatic heterocycles. The summed E-state index contributed by atoms with van der Waals surface area (Å²) >= 11 is 0. The molecule has 44 heavy (non-hydrogen) atoms. The van der Waals surface area contributed by atoms with E-state index in [-0.39, 0.29) is 54.2 Å². The Morgan fingerprint density at radius 1 is 1.02 bits per heavy atom. The molecule has 0 radical (unpaired) electrons. The van der Waals surface area contributed by atoms with Crippen LogP contribution < -0.4 is 4.43 Å². The first-order chi connectivity index (χ1) is 21.1. The van der Waals surface area contributed by atoms with Crippen LogP contribution in [0.5, 0.6) is 5.75 Å². The van der Waals surface area contributed by atoms with Crippen LogP contribution in [0, 0.1) is 17.8 Å². The summed E-state index contributed by atoms with van der Waals surface area (Å²) in [5.74, 6) is 1.52. The van der Waals surface area contributed by atoms with Gasteiger partial charge in [0.15, 0.2) is 12.6 Å². The van der Waals surface area contributed by atoms with E-state index in [0.717, 1.165) is 83.2 Å². The van der Waals surface area contributed by atoms with Gasteiger partial charge in [0, 0.05) is 25.7 Å². The van der Waals surface area contributed by atoms with Gasteiger partial charge in [0.05, 0.1) is 12.2 Å². The molecule has 2 aliphatic heterocycles. The minimum absolute atomic E-state index is 0.00499. The molecule has 0 bridgehead atoms. The third kappa shape index (κ3) is 10.4. The molecule has 2 heterocycles. The molecule has 0 unspecified atom stereocenters. The van der Waals surface area contributed by atoms with E-state index >= 15 is 0 Å². The summed E-state index contributed by atoms with van der Waals surface area (Å²) in [6, 6.07) is 8.66. The van der Waals surface area contributed by atoms with Crippen molar-refractivity contribution in [3.8, 4) is 5.75 Å². The Morgan fingerprint density at radius 2 is 1.75 bits per heavy atom. The zero-order valence-corrected chi connectivity index (χ0v) is 29.6. The van der Waals surface area contributed by atoms with Crippen LogP contribution in [0.25, 0.3) is 0 Å². The molecule has 6 nitrogen and oxygen atoms in total. The Morgan fingerprint density at radius 3 is 2.39 bits per heavy atom. The van der Waals surface area contributed by atoms with Gasteiger partial charge in [0.25, 0.3) is 0 Å². The minimum Gasteiger partial charge on any atom is -0.543 e. The fourth-order valence-corrected chi connectivity index (χ4v) is 7.71. The van der Waals surface area contributed by atoms with Gasteiger partial charge >= 0.3 is 0 Å². The lowest BCUT2D eigenvalue weighted by Gasteiger charge is -2.36. The molecule has 4 rings (SSSR count). The first-order valence-corrected chi connectivity index (χ1v) is 20.6. The van der Waals surface area contributed by atoms with Gasteiger partial charge in [-0.3, -0.25) is 0 Å². The summed E-state index contributed by atoms with van der Waals surface area (Å²) in [4.78, 5) is 0. The molecule has 0 amide bonds. The molecule has 3 fully saturated rings. The van der Waals surface area contributed by atoms with Crippen molar-refractivity contribution in [2.75, 3.05) is 19.8 Å². The molecular weight excluding hydrogens is 568 g/mol. The second-order valence-corrected chi connectivity index (χ2v) is 19.7. The fraction of sp³-hybridized carbons (Fsp3) is 0.784. The predicted octanol–water partition coefficient (Wildman–Crippen LogP) is 8.82. The molecule has 1 saturated carbocycles. The van der Waals surface area contributed by atoms with E-state index in [1.54, 1.807) is 0 Å². The van der Waals surface area contributed by atoms with Crippen LogP contribution in [0.4, 0.5) is 0 Å². The predicted molar refractivity (Wildman–Crippen MR) is 180 cm³/mol. The number of ether oxygens (including phenoxy) is 4. The number of aliphatic hydroxyl groups is 1. The van der Waals surface area contributed by atoms with Gasteiger partial charge in [-0.15, -0.1) is 0 Å². The van der Waals surface area contributed by atoms with Gasteiger partial charge in [0.2, 0.25) is 8.32 Å². The number of benzene rings is 1. The second-order valence-electron chi connectivity index (χ2n) is 15.0. The van der Waals surface area contributed by atoms with E-state index in [4.69, 9.17) is 23.4 Å². The van der Waals surface area contributed by atoms with Gasteiger partial charge < -0.3 is 28.5 Å². The monoisotopic (exact) mass is 630 g/mol. The van der Waals surface area contributed by atoms with Crippen LogP contribution in [-0.2, 0) is 25.4 Å². The average molecular weight is 631 g/mol. The molecule has 0 spiro atoms. The zero-order valence-electron chi connectivity index (χ0n) is 28.6. The van der Waals surface area contributed by atoms with Gasteiger partial charge in [0.1, 0.15) is 5.75 Å². The largest absolute Gasteiger partial charge is 0.543 e. The maximum absolute atomic E-state index is 10.6. The molecule has 1 N–H and O–H groups in total. The van der Waals surface area contributed by atoms with Crippen molar-refractivity contribution in [3.05, 3.63) is 42.0 Å². The molecule has 3 aliphatic rings. The van der Waals surface area contributed by atoms with E-state index in [1.807, 2.05) is 0 Å². The summed E-state index contributed by atoms with van der Waals surface area (Å²) in [5.41, 5.74) is 1.25. The number of aliphatic hydroxyl groups excluding tert-OH is 1. The van der Waals surface area contributed by atoms with Gasteiger partial charge in [-0.25, -0.2) is 0 Å². The van der Waals surface area contributed by atoms with Crippen LogP contribution in [0.15, 0.2) is 36.4 Å². The smallest absolute Gasteiger partial charge is 0.250 e. The van der Waals surface area contributed by atoms with Crippen LogP contribution >= 0.6 is 0 Å². The number of hydrogen-bond acceptors (Lipinski definition) is 6. The van der Waals surface area contributed by atoms with Gasteiger partial charge in [-0.2, -0.15) is 0 Å². The summed E-state index contributed by atoms with van der Waals surface area (Å²) in [7, 11) is -1.95. The summed E-state index contributed by atoms with van der Waals surface area (Å²) in [6.45, 7) is 15.4. The quantitative estimate of drug-likeness (QED) is 0.119. The zero-order chi connectivity index (χ0) is 31.6. The Hall–Kier alpha value is -1.22. The fourth-order valence-electron chi connectivity index (χ4n) is 6.69. The molecule has 1 aromatic carbocycles. The van der Waals surface area contributed by atoms with E-state index in [0.29, 0.717) is 0 Å². The summed E-state index contributed by atoms with van der Waals surface area (Å²) < 4.78 is 31.9. The highest BCUT2D eigenvalue weighted by molar-refractivity contribution is 6.74. The topological polar surface area (TPSA) is 66.4 Å². The van der Waals surface area contributed by atoms with E-state index in [1.165, 1.54) is 18.4 Å². The number of hydrogen-bond donors (Lipinski definition) is 1. The standard InChI is InChI=1S/C37H62O6Si/c1-7-8-9-16-30(41-35-18-10-12-22-39-35)20-21-32-33(29(27-38)26-34(32)42-36-19-11-13-23-40-36)25-28-15-14-17-31(24-28)43-44(5,6)37(2,3)4/h14-15,17,20-21,24,29-30,32-36,38H,7-13,16,18-19,22-23,25-27H2,1-6H3/b21-20+/t29-,30-,32-,33+,34-,35-,36+/m1/s1. The van der Waals surface area contributed by atoms with Crippen LogP contribution in [-0.4, -0.2) is 58.0 Å². The van der Waals surface area contributed by atoms with E-state index in [2.05, 4.69) is 77.2 Å². The third-order valence-corrected chi connectivity index (χ3v) is 14.8. The molecule has 7 atom stereocenters. The van der Waals surface area contributed by atoms with Crippen LogP contribution in [0.2, 0.25) is 18.1 Å². The first-order valence-electron chi connectivity index (χ1n) is 17.7. The van der Waals surface area contributed by atoms with Gasteiger partial charge in [-0.05, 0) is 105 Å². The van der Waals surface area contributed by atoms with Crippen LogP contribution in [0.3, 0.4) is 0 Å². The molecule has 250 valence electrons. The van der Waals surface area contributed by atoms with Crippen molar-refractivity contribution in [2.45, 2.75) is 148 Å². The Kier molecular flexibility index (Phi) is 13.8. The van der Waals surface area contributed by atoms with Crippen molar-refractivity contribution in [1.29, 1.82) is 0 Å². The van der Waals surface area contributed by atoms with Crippen molar-refractivity contribution in [1.82, 2.24) is 0 Å². The first kappa shape index (κ1) is 35.6. The van der Waals surface area contributed by atoms with Gasteiger partial charge in [-0.1, -0.05) is 71.2 Å². The average Bonchev–Trinajstić information content (AvgIpc) is 3.31. The molecule has 7 heteroatoms. The molecule has 1 aromatic rings. The number of unbranched alkanes of at least 4 members (excludes halogenated alkanes) is 2. The van der Waals surface area contributed by atoms with Crippen LogP contribution in [0.1, 0.15) is 104 Å². The Bertz CT molecular complexity index is 994. The lowest BCUT2D eigenvalue weighted by atomic mass is 9.83. The molecular formula is C37H62O6Si. The Labute approximate surface area is 269 Å². The highest BCUT2D eigenvalue weighted by Gasteiger charge is 2.44. The van der Waals surface area contributed by atoms with E-state index in [9.17, 15) is 5.11 Å². The third-order valence-electron chi connectivity index (χ3n) is 10.4. The number of rotatable bonds is 15. The molecule has 1 aliphatic carbocycles. The molecule has 2 saturated heterocycles. The summed E-state index contributed by atoms with van der Waals surface area (Å²) in [5, 5.41) is 10.8. The van der Waals surface area contributed by atoms with Crippen molar-refractivity contribution >= 4 is 8.32 Å². The maximum atomic E-state index is 10.6. The van der Waals surface area contributed by atoms with Crippen molar-refractivity contribution in [3.63, 3.8) is 0 Å².